The van der Waals surface area contributed by atoms with Gasteiger partial charge in [-0.1, -0.05) is 24.3 Å². The van der Waals surface area contributed by atoms with Crippen LogP contribution in [-0.2, 0) is 27.3 Å². The van der Waals surface area contributed by atoms with E-state index in [0.717, 1.165) is 11.1 Å². The monoisotopic (exact) mass is 492 g/mol. The van der Waals surface area contributed by atoms with E-state index >= 15 is 0 Å². The Balaban J connectivity index is 1.12. The van der Waals surface area contributed by atoms with Crippen LogP contribution in [0.1, 0.15) is 11.1 Å². The van der Waals surface area contributed by atoms with Gasteiger partial charge >= 0.3 is 0 Å². The molecule has 0 saturated carbocycles. The summed E-state index contributed by atoms with van der Waals surface area (Å²) >= 11 is 0. The number of likely N-dealkylation sites (tertiary alicyclic amines) is 1. The first-order valence-corrected chi connectivity index (χ1v) is 12.0. The van der Waals surface area contributed by atoms with Crippen LogP contribution < -0.4 is 24.3 Å². The van der Waals surface area contributed by atoms with E-state index in [1.54, 1.807) is 19.1 Å². The van der Waals surface area contributed by atoms with Crippen LogP contribution in [0.25, 0.3) is 0 Å². The fourth-order valence-electron chi connectivity index (χ4n) is 5.76. The van der Waals surface area contributed by atoms with Crippen LogP contribution in [0.15, 0.2) is 48.6 Å². The molecule has 9 heteroatoms. The molecular weight excluding hydrogens is 464 g/mol. The first-order valence-electron chi connectivity index (χ1n) is 12.0. The highest BCUT2D eigenvalue weighted by molar-refractivity contribution is 5.93. The second-order valence-electron chi connectivity index (χ2n) is 9.51. The quantitative estimate of drug-likeness (QED) is 0.564. The maximum Gasteiger partial charge on any atom is 0.231 e. The molecule has 0 unspecified atom stereocenters. The lowest BCUT2D eigenvalue weighted by Crippen LogP contribution is -2.44. The van der Waals surface area contributed by atoms with Gasteiger partial charge in [0.25, 0.3) is 0 Å². The Morgan fingerprint density at radius 3 is 2.72 bits per heavy atom. The third-order valence-corrected chi connectivity index (χ3v) is 7.45. The van der Waals surface area contributed by atoms with E-state index in [-0.39, 0.29) is 24.7 Å². The summed E-state index contributed by atoms with van der Waals surface area (Å²) in [6.07, 6.45) is 4.13. The van der Waals surface area contributed by atoms with Gasteiger partial charge in [-0.2, -0.15) is 0 Å². The Morgan fingerprint density at radius 1 is 1.08 bits per heavy atom. The Morgan fingerprint density at radius 2 is 1.89 bits per heavy atom. The van der Waals surface area contributed by atoms with Crippen molar-refractivity contribution in [2.75, 3.05) is 34.1 Å². The molecular formula is C27H28N2O7. The van der Waals surface area contributed by atoms with Gasteiger partial charge in [-0.3, -0.25) is 9.59 Å². The van der Waals surface area contributed by atoms with E-state index in [2.05, 4.69) is 5.32 Å². The molecule has 1 N–H and O–H groups in total. The summed E-state index contributed by atoms with van der Waals surface area (Å²) in [4.78, 5) is 28.5. The van der Waals surface area contributed by atoms with Crippen LogP contribution in [0.2, 0.25) is 0 Å². The van der Waals surface area contributed by atoms with Crippen molar-refractivity contribution in [2.24, 2.45) is 11.8 Å². The van der Waals surface area contributed by atoms with Gasteiger partial charge in [-0.05, 0) is 41.8 Å². The highest BCUT2D eigenvalue weighted by Gasteiger charge is 2.66. The number of benzene rings is 2. The number of ether oxygens (including phenoxy) is 5. The molecule has 4 aliphatic rings. The van der Waals surface area contributed by atoms with Crippen molar-refractivity contribution in [3.8, 4) is 23.0 Å². The number of methoxy groups -OCH3 is 2. The third kappa shape index (κ3) is 3.65. The van der Waals surface area contributed by atoms with Crippen LogP contribution >= 0.6 is 0 Å². The molecule has 0 aromatic heterocycles. The van der Waals surface area contributed by atoms with Crippen LogP contribution in [-0.4, -0.2) is 62.5 Å². The normalized spacial score (nSPS) is 26.9. The zero-order valence-electron chi connectivity index (χ0n) is 20.2. The number of hydrogen-bond acceptors (Lipinski definition) is 7. The summed E-state index contributed by atoms with van der Waals surface area (Å²) < 4.78 is 27.7. The molecule has 2 saturated heterocycles. The minimum absolute atomic E-state index is 0.0560. The molecule has 4 heterocycles. The van der Waals surface area contributed by atoms with Gasteiger partial charge in [-0.15, -0.1) is 0 Å². The zero-order chi connectivity index (χ0) is 24.9. The summed E-state index contributed by atoms with van der Waals surface area (Å²) in [6, 6.07) is 11.4. The Hall–Kier alpha value is -3.72. The van der Waals surface area contributed by atoms with Crippen LogP contribution in [0.5, 0.6) is 23.0 Å². The summed E-state index contributed by atoms with van der Waals surface area (Å²) in [7, 11) is 3.19. The maximum atomic E-state index is 13.5. The van der Waals surface area contributed by atoms with Gasteiger partial charge in [0.15, 0.2) is 23.0 Å². The number of nitrogens with one attached hydrogen (secondary N) is 1. The molecule has 1 spiro atoms. The lowest BCUT2D eigenvalue weighted by Gasteiger charge is -2.23. The SMILES string of the molecule is COc1ccc(CCNC(=O)[C@H]2[C@H]3C(=O)N(Cc4ccc5c(c4)OCO5)C[C@@]34C=C[C@H]2O4)cc1OC. The number of carbonyl (C=O) groups excluding carboxylic acids is 2. The van der Waals surface area contributed by atoms with E-state index in [4.69, 9.17) is 23.7 Å². The van der Waals surface area contributed by atoms with Crippen molar-refractivity contribution < 1.29 is 33.3 Å². The molecule has 4 atom stereocenters. The Bertz CT molecular complexity index is 1240. The molecule has 188 valence electrons. The summed E-state index contributed by atoms with van der Waals surface area (Å²) in [5, 5.41) is 3.02. The molecule has 0 aliphatic carbocycles. The Kier molecular flexibility index (Phi) is 5.52. The molecule has 2 fully saturated rings. The van der Waals surface area contributed by atoms with Crippen molar-refractivity contribution in [2.45, 2.75) is 24.7 Å². The van der Waals surface area contributed by atoms with Crippen molar-refractivity contribution in [1.29, 1.82) is 0 Å². The average Bonchev–Trinajstić information content (AvgIpc) is 3.65. The fraction of sp³-hybridized carbons (Fsp3) is 0.407. The molecule has 2 amide bonds. The number of hydrogen-bond donors (Lipinski definition) is 1. The summed E-state index contributed by atoms with van der Waals surface area (Å²) in [6.45, 7) is 1.49. The van der Waals surface area contributed by atoms with E-state index in [1.165, 1.54) is 0 Å². The molecule has 2 bridgehead atoms. The Labute approximate surface area is 208 Å². The maximum absolute atomic E-state index is 13.5. The van der Waals surface area contributed by atoms with E-state index < -0.39 is 17.4 Å². The average molecular weight is 493 g/mol. The highest BCUT2D eigenvalue weighted by Crippen LogP contribution is 2.52. The summed E-state index contributed by atoms with van der Waals surface area (Å²) in [5.41, 5.74) is 1.21. The smallest absolute Gasteiger partial charge is 0.231 e. The molecule has 0 radical (unpaired) electrons. The number of carbonyl (C=O) groups is 2. The van der Waals surface area contributed by atoms with Gasteiger partial charge in [-0.25, -0.2) is 0 Å². The minimum Gasteiger partial charge on any atom is -0.493 e. The van der Waals surface area contributed by atoms with Crippen molar-refractivity contribution >= 4 is 11.8 Å². The van der Waals surface area contributed by atoms with Crippen molar-refractivity contribution in [3.63, 3.8) is 0 Å². The van der Waals surface area contributed by atoms with E-state index in [9.17, 15) is 9.59 Å². The van der Waals surface area contributed by atoms with Gasteiger partial charge in [0, 0.05) is 13.1 Å². The third-order valence-electron chi connectivity index (χ3n) is 7.45. The van der Waals surface area contributed by atoms with Crippen LogP contribution in [0.4, 0.5) is 0 Å². The molecule has 2 aromatic carbocycles. The second kappa shape index (κ2) is 8.74. The van der Waals surface area contributed by atoms with Crippen LogP contribution in [0, 0.1) is 11.8 Å². The highest BCUT2D eigenvalue weighted by atomic mass is 16.7. The van der Waals surface area contributed by atoms with Gasteiger partial charge in [0.05, 0.1) is 38.7 Å². The van der Waals surface area contributed by atoms with Crippen molar-refractivity contribution in [3.05, 3.63) is 59.7 Å². The lowest BCUT2D eigenvalue weighted by molar-refractivity contribution is -0.137. The molecule has 36 heavy (non-hydrogen) atoms. The number of rotatable bonds is 8. The minimum atomic E-state index is -0.747. The zero-order valence-corrected chi connectivity index (χ0v) is 20.2. The van der Waals surface area contributed by atoms with E-state index in [0.29, 0.717) is 49.1 Å². The molecule has 9 nitrogen and oxygen atoms in total. The first kappa shape index (κ1) is 22.7. The summed E-state index contributed by atoms with van der Waals surface area (Å²) in [5.74, 6) is 1.41. The van der Waals surface area contributed by atoms with Gasteiger partial charge in [0.2, 0.25) is 18.6 Å². The van der Waals surface area contributed by atoms with E-state index in [1.807, 2.05) is 48.6 Å². The molecule has 4 aliphatic heterocycles. The number of amides is 2. The predicted molar refractivity (Wildman–Crippen MR) is 128 cm³/mol. The predicted octanol–water partition coefficient (Wildman–Crippen LogP) is 2.07. The topological polar surface area (TPSA) is 95.6 Å². The van der Waals surface area contributed by atoms with Gasteiger partial charge in [0.1, 0.15) is 5.60 Å². The number of fused-ring (bicyclic) bond motifs is 2. The molecule has 6 rings (SSSR count). The standard InChI is InChI=1S/C27H28N2O7/c1-32-18-5-3-16(11-21(18)33-2)8-10-28-25(30)23-20-7-9-27(36-20)14-29(26(31)24(23)27)13-17-4-6-19-22(12-17)35-15-34-19/h3-7,9,11-12,20,23-24H,8,10,13-15H2,1-2H3,(H,28,30)/t20-,23-,24+,27+/m1/s1. The van der Waals surface area contributed by atoms with Gasteiger partial charge < -0.3 is 33.9 Å². The largest absolute Gasteiger partial charge is 0.493 e. The van der Waals surface area contributed by atoms with Crippen molar-refractivity contribution in [1.82, 2.24) is 10.2 Å². The first-order chi connectivity index (χ1) is 17.5. The van der Waals surface area contributed by atoms with Crippen LogP contribution in [0.3, 0.4) is 0 Å². The lowest BCUT2D eigenvalue weighted by atomic mass is 9.77. The molecule has 2 aromatic rings. The number of nitrogens with zero attached hydrogens (tertiary/aromatic N) is 1. The fourth-order valence-corrected chi connectivity index (χ4v) is 5.76. The second-order valence-corrected chi connectivity index (χ2v) is 9.51.